The predicted octanol–water partition coefficient (Wildman–Crippen LogP) is 2.94. The van der Waals surface area contributed by atoms with E-state index < -0.39 is 0 Å². The van der Waals surface area contributed by atoms with Gasteiger partial charge in [-0.1, -0.05) is 26.7 Å². The fraction of sp³-hybridized carbons (Fsp3) is 0.533. The Kier molecular flexibility index (Phi) is 4.43. The number of nitrogen functional groups attached to an aromatic ring is 1. The van der Waals surface area contributed by atoms with Gasteiger partial charge in [-0.05, 0) is 30.5 Å². The van der Waals surface area contributed by atoms with E-state index in [2.05, 4.69) is 23.4 Å². The van der Waals surface area contributed by atoms with Gasteiger partial charge in [0.15, 0.2) is 0 Å². The molecular weight excluding hydrogens is 238 g/mol. The van der Waals surface area contributed by atoms with Crippen LogP contribution in [0.4, 0.5) is 5.69 Å². The number of aliphatic hydroxyl groups excluding tert-OH is 1. The Morgan fingerprint density at radius 1 is 1.32 bits per heavy atom. The van der Waals surface area contributed by atoms with Crippen LogP contribution in [0.1, 0.15) is 38.9 Å². The van der Waals surface area contributed by atoms with Gasteiger partial charge in [0.25, 0.3) is 0 Å². The summed E-state index contributed by atoms with van der Waals surface area (Å²) in [5, 5.41) is 9.42. The maximum absolute atomic E-state index is 9.42. The number of unbranched alkanes of at least 4 members (excludes halogenated alkanes) is 1. The van der Waals surface area contributed by atoms with Crippen molar-refractivity contribution < 1.29 is 5.11 Å². The second kappa shape index (κ2) is 6.06. The fourth-order valence-corrected chi connectivity index (χ4v) is 2.39. The molecule has 4 heteroatoms. The van der Waals surface area contributed by atoms with Gasteiger partial charge in [-0.15, -0.1) is 0 Å². The number of benzene rings is 1. The Morgan fingerprint density at radius 3 is 2.79 bits per heavy atom. The number of aliphatic hydroxyl groups is 1. The van der Waals surface area contributed by atoms with Crippen molar-refractivity contribution in [1.29, 1.82) is 0 Å². The minimum absolute atomic E-state index is 0.0290. The highest BCUT2D eigenvalue weighted by atomic mass is 16.3. The number of rotatable bonds is 6. The Balaban J connectivity index is 2.16. The fourth-order valence-electron chi connectivity index (χ4n) is 2.39. The molecule has 19 heavy (non-hydrogen) atoms. The standard InChI is InChI=1S/C15H23N3O/c1-11(2)5-3-4-8-18-14-7-6-12(16)9-13(14)17-15(18)10-19/h6-7,9,11,19H,3-5,8,10,16H2,1-2H3. The minimum Gasteiger partial charge on any atom is -0.399 e. The lowest BCUT2D eigenvalue weighted by atomic mass is 10.1. The highest BCUT2D eigenvalue weighted by Crippen LogP contribution is 2.20. The summed E-state index contributed by atoms with van der Waals surface area (Å²) in [4.78, 5) is 4.44. The lowest BCUT2D eigenvalue weighted by Gasteiger charge is -2.09. The van der Waals surface area contributed by atoms with E-state index >= 15 is 0 Å². The van der Waals surface area contributed by atoms with Crippen molar-refractivity contribution in [2.45, 2.75) is 46.3 Å². The number of anilines is 1. The summed E-state index contributed by atoms with van der Waals surface area (Å²) in [6.45, 7) is 5.37. The molecule has 2 aromatic rings. The molecule has 104 valence electrons. The lowest BCUT2D eigenvalue weighted by Crippen LogP contribution is -2.04. The molecule has 1 aromatic carbocycles. The van der Waals surface area contributed by atoms with Crippen molar-refractivity contribution in [1.82, 2.24) is 9.55 Å². The first-order valence-electron chi connectivity index (χ1n) is 6.97. The summed E-state index contributed by atoms with van der Waals surface area (Å²) in [7, 11) is 0. The largest absolute Gasteiger partial charge is 0.399 e. The van der Waals surface area contributed by atoms with Crippen LogP contribution in [0.5, 0.6) is 0 Å². The molecule has 0 aliphatic carbocycles. The zero-order valence-electron chi connectivity index (χ0n) is 11.8. The maximum atomic E-state index is 9.42. The summed E-state index contributed by atoms with van der Waals surface area (Å²) < 4.78 is 2.11. The first-order valence-corrected chi connectivity index (χ1v) is 6.97. The van der Waals surface area contributed by atoms with Gasteiger partial charge >= 0.3 is 0 Å². The van der Waals surface area contributed by atoms with Gasteiger partial charge in [0, 0.05) is 12.2 Å². The van der Waals surface area contributed by atoms with E-state index in [0.29, 0.717) is 5.69 Å². The third-order valence-electron chi connectivity index (χ3n) is 3.41. The third kappa shape index (κ3) is 3.26. The number of fused-ring (bicyclic) bond motifs is 1. The highest BCUT2D eigenvalue weighted by Gasteiger charge is 2.09. The molecular formula is C15H23N3O. The Morgan fingerprint density at radius 2 is 2.11 bits per heavy atom. The third-order valence-corrected chi connectivity index (χ3v) is 3.41. The van der Waals surface area contributed by atoms with E-state index in [9.17, 15) is 5.11 Å². The SMILES string of the molecule is CC(C)CCCCn1c(CO)nc2cc(N)ccc21. The van der Waals surface area contributed by atoms with Crippen LogP contribution in [0.15, 0.2) is 18.2 Å². The summed E-state index contributed by atoms with van der Waals surface area (Å²) in [5.41, 5.74) is 8.40. The molecule has 1 heterocycles. The predicted molar refractivity (Wildman–Crippen MR) is 78.8 cm³/mol. The number of aromatic nitrogens is 2. The van der Waals surface area contributed by atoms with Gasteiger partial charge in [0.05, 0.1) is 11.0 Å². The van der Waals surface area contributed by atoms with E-state index in [1.165, 1.54) is 12.8 Å². The first-order chi connectivity index (χ1) is 9.11. The quantitative estimate of drug-likeness (QED) is 0.620. The van der Waals surface area contributed by atoms with Gasteiger partial charge < -0.3 is 15.4 Å². The van der Waals surface area contributed by atoms with Crippen LogP contribution in [-0.4, -0.2) is 14.7 Å². The molecule has 0 spiro atoms. The molecule has 0 bridgehead atoms. The average molecular weight is 261 g/mol. The van der Waals surface area contributed by atoms with Crippen molar-refractivity contribution in [2.75, 3.05) is 5.73 Å². The van der Waals surface area contributed by atoms with Crippen molar-refractivity contribution in [3.05, 3.63) is 24.0 Å². The number of aryl methyl sites for hydroxylation is 1. The molecule has 0 atom stereocenters. The molecule has 0 saturated carbocycles. The maximum Gasteiger partial charge on any atom is 0.135 e. The van der Waals surface area contributed by atoms with E-state index in [1.807, 2.05) is 18.2 Å². The van der Waals surface area contributed by atoms with Gasteiger partial charge in [0.2, 0.25) is 0 Å². The number of nitrogens with zero attached hydrogens (tertiary/aromatic N) is 2. The molecule has 0 aliphatic rings. The molecule has 0 aliphatic heterocycles. The normalized spacial score (nSPS) is 11.6. The Bertz CT molecular complexity index is 546. The van der Waals surface area contributed by atoms with Crippen LogP contribution in [0.25, 0.3) is 11.0 Å². The van der Waals surface area contributed by atoms with Gasteiger partial charge in [0.1, 0.15) is 12.4 Å². The van der Waals surface area contributed by atoms with Gasteiger partial charge in [-0.2, -0.15) is 0 Å². The summed E-state index contributed by atoms with van der Waals surface area (Å²) in [6, 6.07) is 5.73. The number of nitrogens with two attached hydrogens (primary N) is 1. The average Bonchev–Trinajstić information content (AvgIpc) is 2.71. The van der Waals surface area contributed by atoms with E-state index in [-0.39, 0.29) is 6.61 Å². The molecule has 2 rings (SSSR count). The minimum atomic E-state index is -0.0290. The summed E-state index contributed by atoms with van der Waals surface area (Å²) in [5.74, 6) is 1.47. The van der Waals surface area contributed by atoms with Gasteiger partial charge in [-0.25, -0.2) is 4.98 Å². The van der Waals surface area contributed by atoms with Crippen LogP contribution in [-0.2, 0) is 13.2 Å². The number of imidazole rings is 1. The second-order valence-electron chi connectivity index (χ2n) is 5.48. The molecule has 1 aromatic heterocycles. The van der Waals surface area contributed by atoms with E-state index in [4.69, 9.17) is 5.73 Å². The van der Waals surface area contributed by atoms with Crippen LogP contribution in [0, 0.1) is 5.92 Å². The highest BCUT2D eigenvalue weighted by molar-refractivity contribution is 5.79. The molecule has 0 unspecified atom stereocenters. The summed E-state index contributed by atoms with van der Waals surface area (Å²) >= 11 is 0. The van der Waals surface area contributed by atoms with Crippen LogP contribution < -0.4 is 5.73 Å². The monoisotopic (exact) mass is 261 g/mol. The Labute approximate surface area is 114 Å². The molecule has 0 radical (unpaired) electrons. The molecule has 3 N–H and O–H groups in total. The first kappa shape index (κ1) is 13.9. The van der Waals surface area contributed by atoms with Crippen molar-refractivity contribution in [3.63, 3.8) is 0 Å². The Hall–Kier alpha value is -1.55. The number of hydrogen-bond acceptors (Lipinski definition) is 3. The molecule has 4 nitrogen and oxygen atoms in total. The van der Waals surface area contributed by atoms with Crippen molar-refractivity contribution in [3.8, 4) is 0 Å². The van der Waals surface area contributed by atoms with Crippen LogP contribution in [0.2, 0.25) is 0 Å². The van der Waals surface area contributed by atoms with E-state index in [0.717, 1.165) is 35.7 Å². The lowest BCUT2D eigenvalue weighted by molar-refractivity contribution is 0.265. The van der Waals surface area contributed by atoms with Gasteiger partial charge in [-0.3, -0.25) is 0 Å². The molecule has 0 amide bonds. The van der Waals surface area contributed by atoms with Crippen LogP contribution >= 0.6 is 0 Å². The second-order valence-corrected chi connectivity index (χ2v) is 5.48. The van der Waals surface area contributed by atoms with Crippen molar-refractivity contribution in [2.24, 2.45) is 5.92 Å². The molecule has 0 fully saturated rings. The zero-order chi connectivity index (χ0) is 13.8. The smallest absolute Gasteiger partial charge is 0.135 e. The van der Waals surface area contributed by atoms with E-state index in [1.54, 1.807) is 0 Å². The summed E-state index contributed by atoms with van der Waals surface area (Å²) in [6.07, 6.45) is 3.56. The molecule has 0 saturated heterocycles. The zero-order valence-corrected chi connectivity index (χ0v) is 11.8. The van der Waals surface area contributed by atoms with Crippen molar-refractivity contribution >= 4 is 16.7 Å². The number of hydrogen-bond donors (Lipinski definition) is 2. The van der Waals surface area contributed by atoms with Crippen LogP contribution in [0.3, 0.4) is 0 Å². The topological polar surface area (TPSA) is 64.1 Å².